The largest absolute Gasteiger partial charge is 0.472 e. The Balaban J connectivity index is 3.86. The van der Waals surface area contributed by atoms with Gasteiger partial charge in [-0.1, -0.05) is 348 Å². The van der Waals surface area contributed by atoms with Crippen molar-refractivity contribution >= 4 is 13.7 Å². The summed E-state index contributed by atoms with van der Waals surface area (Å²) < 4.78 is 23.8. The summed E-state index contributed by atoms with van der Waals surface area (Å²) in [5.74, 6) is -0.135. The van der Waals surface area contributed by atoms with Crippen LogP contribution in [0.1, 0.15) is 367 Å². The number of carbonyl (C=O) groups is 1. The number of aliphatic hydroxyl groups is 1. The molecule has 3 unspecified atom stereocenters. The van der Waals surface area contributed by atoms with Crippen molar-refractivity contribution in [3.8, 4) is 0 Å². The minimum absolute atomic E-state index is 0.0792. The van der Waals surface area contributed by atoms with E-state index in [1.165, 1.54) is 302 Å². The molecule has 0 aliphatic rings. The van der Waals surface area contributed by atoms with Crippen LogP contribution >= 0.6 is 7.82 Å². The van der Waals surface area contributed by atoms with E-state index in [1.807, 2.05) is 21.1 Å². The molecule has 0 aromatic carbocycles. The van der Waals surface area contributed by atoms with Crippen molar-refractivity contribution in [1.29, 1.82) is 0 Å². The van der Waals surface area contributed by atoms with Crippen LogP contribution in [0.25, 0.3) is 0 Å². The minimum Gasteiger partial charge on any atom is -0.391 e. The van der Waals surface area contributed by atoms with E-state index in [4.69, 9.17) is 9.05 Å². The Morgan fingerprint density at radius 2 is 0.640 bits per heavy atom. The topological polar surface area (TPSA) is 105 Å². The summed E-state index contributed by atoms with van der Waals surface area (Å²) in [5.41, 5.74) is 0. The van der Waals surface area contributed by atoms with Crippen molar-refractivity contribution in [3.05, 3.63) is 0 Å². The van der Waals surface area contributed by atoms with Crippen LogP contribution in [0.2, 0.25) is 0 Å². The molecule has 0 bridgehead atoms. The monoisotopic (exact) mass is 1080 g/mol. The second-order valence-electron chi connectivity index (χ2n) is 24.9. The van der Waals surface area contributed by atoms with Crippen LogP contribution in [0.15, 0.2) is 0 Å². The first-order valence-corrected chi connectivity index (χ1v) is 35.4. The maximum atomic E-state index is 13.0. The molecule has 3 N–H and O–H groups in total. The zero-order valence-corrected chi connectivity index (χ0v) is 52.5. The highest BCUT2D eigenvalue weighted by molar-refractivity contribution is 7.47. The van der Waals surface area contributed by atoms with Gasteiger partial charge in [-0.3, -0.25) is 13.8 Å². The van der Waals surface area contributed by atoms with Gasteiger partial charge < -0.3 is 19.8 Å². The van der Waals surface area contributed by atoms with Crippen LogP contribution in [0.3, 0.4) is 0 Å². The Hall–Kier alpha value is -0.500. The molecule has 0 heterocycles. The van der Waals surface area contributed by atoms with E-state index in [-0.39, 0.29) is 19.1 Å². The highest BCUT2D eigenvalue weighted by atomic mass is 31.2. The standard InChI is InChI=1S/C66H135N2O6P/c1-6-8-10-12-14-16-18-20-22-24-25-26-27-28-29-30-31-32-33-34-35-36-37-38-39-40-41-42-43-44-46-48-50-52-54-56-58-60-66(70)67-64(63-74-75(71,72)73-62-61-68(3,4)5)65(69)59-57-55-53-51-49-47-45-23-21-19-17-15-13-11-9-7-2/h64-65,69H,6-63H2,1-5H3,(H-,67,70,71,72)/p+1. The first-order valence-electron chi connectivity index (χ1n) is 33.9. The van der Waals surface area contributed by atoms with Crippen molar-refractivity contribution in [3.63, 3.8) is 0 Å². The third-order valence-electron chi connectivity index (χ3n) is 16.1. The van der Waals surface area contributed by atoms with Crippen molar-refractivity contribution in [1.82, 2.24) is 5.32 Å². The zero-order valence-electron chi connectivity index (χ0n) is 51.6. The number of quaternary nitrogens is 1. The molecule has 0 aliphatic heterocycles. The van der Waals surface area contributed by atoms with Gasteiger partial charge in [0.2, 0.25) is 5.91 Å². The Kier molecular flexibility index (Phi) is 57.8. The van der Waals surface area contributed by atoms with Gasteiger partial charge in [0.15, 0.2) is 0 Å². The van der Waals surface area contributed by atoms with E-state index in [0.717, 1.165) is 38.5 Å². The van der Waals surface area contributed by atoms with Crippen molar-refractivity contribution in [2.75, 3.05) is 40.9 Å². The smallest absolute Gasteiger partial charge is 0.391 e. The SMILES string of the molecule is CCCCCCCCCCCCCCCCCCCCCCCCCCCCCCCCCCCCCCCC(=O)NC(COP(=O)(O)OCC[N+](C)(C)C)C(O)CCCCCCCCCCCCCCCCCC. The van der Waals surface area contributed by atoms with Crippen molar-refractivity contribution in [2.45, 2.75) is 379 Å². The van der Waals surface area contributed by atoms with Crippen LogP contribution in [0, 0.1) is 0 Å². The summed E-state index contributed by atoms with van der Waals surface area (Å²) >= 11 is 0. The fraction of sp³-hybridized carbons (Fsp3) is 0.985. The normalized spacial score (nSPS) is 13.6. The van der Waals surface area contributed by atoms with Crippen molar-refractivity contribution < 1.29 is 32.9 Å². The molecule has 0 rings (SSSR count). The van der Waals surface area contributed by atoms with Gasteiger partial charge in [-0.15, -0.1) is 0 Å². The molecule has 0 saturated heterocycles. The van der Waals surface area contributed by atoms with E-state index in [9.17, 15) is 19.4 Å². The lowest BCUT2D eigenvalue weighted by Crippen LogP contribution is -2.46. The van der Waals surface area contributed by atoms with Crippen LogP contribution in [-0.2, 0) is 18.4 Å². The number of rotatable bonds is 64. The number of hydrogen-bond donors (Lipinski definition) is 3. The Morgan fingerprint density at radius 1 is 0.400 bits per heavy atom. The lowest BCUT2D eigenvalue weighted by Gasteiger charge is -2.26. The van der Waals surface area contributed by atoms with Crippen molar-refractivity contribution in [2.24, 2.45) is 0 Å². The van der Waals surface area contributed by atoms with E-state index in [2.05, 4.69) is 19.2 Å². The summed E-state index contributed by atoms with van der Waals surface area (Å²) in [4.78, 5) is 23.4. The summed E-state index contributed by atoms with van der Waals surface area (Å²) in [6, 6.07) is -0.755. The number of unbranched alkanes of at least 4 members (excludes halogenated alkanes) is 51. The Morgan fingerprint density at radius 3 is 0.893 bits per heavy atom. The molecule has 0 aliphatic carbocycles. The maximum absolute atomic E-state index is 13.0. The molecule has 75 heavy (non-hydrogen) atoms. The van der Waals surface area contributed by atoms with Gasteiger partial charge in [-0.2, -0.15) is 0 Å². The number of nitrogens with zero attached hydrogens (tertiary/aromatic N) is 1. The molecule has 0 aromatic rings. The second-order valence-corrected chi connectivity index (χ2v) is 26.4. The number of amides is 1. The average molecular weight is 1080 g/mol. The lowest BCUT2D eigenvalue weighted by atomic mass is 10.0. The minimum atomic E-state index is -4.32. The number of phosphoric acid groups is 1. The summed E-state index contributed by atoms with van der Waals surface area (Å²) in [6.45, 7) is 4.95. The number of nitrogens with one attached hydrogen (secondary N) is 1. The molecule has 0 radical (unpaired) electrons. The maximum Gasteiger partial charge on any atom is 0.472 e. The zero-order chi connectivity index (χ0) is 54.9. The molecule has 0 saturated carbocycles. The Labute approximate surface area is 470 Å². The molecule has 9 heteroatoms. The lowest BCUT2D eigenvalue weighted by molar-refractivity contribution is -0.870. The molecule has 0 fully saturated rings. The average Bonchev–Trinajstić information content (AvgIpc) is 3.37. The van der Waals surface area contributed by atoms with Crippen LogP contribution < -0.4 is 5.32 Å². The van der Waals surface area contributed by atoms with Gasteiger partial charge in [-0.25, -0.2) is 4.57 Å². The van der Waals surface area contributed by atoms with E-state index in [0.29, 0.717) is 23.9 Å². The quantitative estimate of drug-likeness (QED) is 0.0318. The highest BCUT2D eigenvalue weighted by Crippen LogP contribution is 2.43. The number of carbonyl (C=O) groups excluding carboxylic acids is 1. The molecule has 450 valence electrons. The van der Waals surface area contributed by atoms with Gasteiger partial charge in [0, 0.05) is 6.42 Å². The van der Waals surface area contributed by atoms with Gasteiger partial charge in [0.05, 0.1) is 39.9 Å². The molecule has 0 aromatic heterocycles. The fourth-order valence-corrected chi connectivity index (χ4v) is 11.6. The predicted molar refractivity (Wildman–Crippen MR) is 328 cm³/mol. The van der Waals surface area contributed by atoms with E-state index < -0.39 is 20.0 Å². The predicted octanol–water partition coefficient (Wildman–Crippen LogP) is 21.2. The molecular weight excluding hydrogens is 948 g/mol. The second kappa shape index (κ2) is 58.2. The molecule has 0 spiro atoms. The Bertz CT molecular complexity index is 1180. The fourth-order valence-electron chi connectivity index (χ4n) is 10.8. The van der Waals surface area contributed by atoms with E-state index >= 15 is 0 Å². The highest BCUT2D eigenvalue weighted by Gasteiger charge is 2.28. The number of hydrogen-bond acceptors (Lipinski definition) is 5. The van der Waals surface area contributed by atoms with Gasteiger partial charge >= 0.3 is 7.82 Å². The third kappa shape index (κ3) is 61.0. The first-order chi connectivity index (χ1) is 36.5. The number of phosphoric ester groups is 1. The van der Waals surface area contributed by atoms with Crippen LogP contribution in [-0.4, -0.2) is 73.4 Å². The molecule has 1 amide bonds. The summed E-state index contributed by atoms with van der Waals surface area (Å²) in [7, 11) is 1.64. The molecule has 8 nitrogen and oxygen atoms in total. The van der Waals surface area contributed by atoms with Crippen LogP contribution in [0.5, 0.6) is 0 Å². The molecule has 3 atom stereocenters. The summed E-state index contributed by atoms with van der Waals surface area (Å²) in [5, 5.41) is 14.1. The number of aliphatic hydroxyl groups excluding tert-OH is 1. The third-order valence-corrected chi connectivity index (χ3v) is 17.1. The van der Waals surface area contributed by atoms with Crippen LogP contribution in [0.4, 0.5) is 0 Å². The van der Waals surface area contributed by atoms with Gasteiger partial charge in [0.25, 0.3) is 0 Å². The van der Waals surface area contributed by atoms with Gasteiger partial charge in [-0.05, 0) is 12.8 Å². The summed E-state index contributed by atoms with van der Waals surface area (Å²) in [6.07, 6.45) is 72.1. The number of likely N-dealkylation sites (N-methyl/N-ethyl adjacent to an activating group) is 1. The first kappa shape index (κ1) is 74.5. The van der Waals surface area contributed by atoms with E-state index in [1.54, 1.807) is 0 Å². The van der Waals surface area contributed by atoms with Gasteiger partial charge in [0.1, 0.15) is 13.2 Å². The molecular formula is C66H136N2O6P+.